The maximum Gasteiger partial charge on any atom is 0.270 e. The summed E-state index contributed by atoms with van der Waals surface area (Å²) in [6, 6.07) is 15.8. The third-order valence-corrected chi connectivity index (χ3v) is 5.07. The van der Waals surface area contributed by atoms with Crippen molar-refractivity contribution >= 4 is 34.8 Å². The largest absolute Gasteiger partial charge is 0.326 e. The number of aromatic amines is 1. The van der Waals surface area contributed by atoms with Crippen molar-refractivity contribution in [1.29, 1.82) is 5.26 Å². The molecule has 164 valence electrons. The lowest BCUT2D eigenvalue weighted by molar-refractivity contribution is -0.116. The van der Waals surface area contributed by atoms with E-state index < -0.39 is 5.56 Å². The van der Waals surface area contributed by atoms with Gasteiger partial charge in [-0.1, -0.05) is 49.9 Å². The van der Waals surface area contributed by atoms with Crippen LogP contribution in [0.4, 0.5) is 17.3 Å². The Hall–Kier alpha value is -3.63. The average Bonchev–Trinajstić information content (AvgIpc) is 2.78. The van der Waals surface area contributed by atoms with Gasteiger partial charge < -0.3 is 10.6 Å². The number of anilines is 3. The summed E-state index contributed by atoms with van der Waals surface area (Å²) in [5.74, 6) is 0.124. The Kier molecular flexibility index (Phi) is 8.01. The van der Waals surface area contributed by atoms with E-state index in [9.17, 15) is 14.9 Å². The number of aromatic nitrogens is 2. The van der Waals surface area contributed by atoms with Crippen molar-refractivity contribution in [2.75, 3.05) is 10.6 Å². The zero-order valence-corrected chi connectivity index (χ0v) is 18.5. The topological polar surface area (TPSA) is 111 Å². The normalized spacial score (nSPS) is 10.4. The smallest absolute Gasteiger partial charge is 0.270 e. The Labute approximate surface area is 191 Å². The first kappa shape index (κ1) is 23.0. The summed E-state index contributed by atoms with van der Waals surface area (Å²) in [7, 11) is 0. The predicted molar refractivity (Wildman–Crippen MR) is 127 cm³/mol. The maximum atomic E-state index is 12.5. The van der Waals surface area contributed by atoms with E-state index >= 15 is 0 Å². The van der Waals surface area contributed by atoms with Gasteiger partial charge in [0.1, 0.15) is 11.6 Å². The number of amides is 1. The van der Waals surface area contributed by atoms with Gasteiger partial charge in [-0.15, -0.1) is 0 Å². The number of nitriles is 1. The molecule has 7 nitrogen and oxygen atoms in total. The average molecular weight is 450 g/mol. The number of hydrogen-bond acceptors (Lipinski definition) is 5. The highest BCUT2D eigenvalue weighted by Gasteiger charge is 2.14. The van der Waals surface area contributed by atoms with Crippen molar-refractivity contribution in [3.63, 3.8) is 0 Å². The van der Waals surface area contributed by atoms with Crippen molar-refractivity contribution < 1.29 is 4.79 Å². The van der Waals surface area contributed by atoms with Crippen molar-refractivity contribution in [2.24, 2.45) is 0 Å². The molecule has 3 N–H and O–H groups in total. The van der Waals surface area contributed by atoms with Crippen LogP contribution in [0.25, 0.3) is 11.3 Å². The van der Waals surface area contributed by atoms with Gasteiger partial charge >= 0.3 is 0 Å². The van der Waals surface area contributed by atoms with Crippen LogP contribution in [-0.4, -0.2) is 15.9 Å². The van der Waals surface area contributed by atoms with Crippen LogP contribution < -0.4 is 16.2 Å². The molecule has 0 saturated heterocycles. The van der Waals surface area contributed by atoms with Gasteiger partial charge in [0.25, 0.3) is 5.56 Å². The maximum absolute atomic E-state index is 12.5. The van der Waals surface area contributed by atoms with Gasteiger partial charge in [-0.2, -0.15) is 5.26 Å². The Balaban J connectivity index is 1.84. The van der Waals surface area contributed by atoms with Crippen LogP contribution in [0.1, 0.15) is 44.6 Å². The molecule has 0 unspecified atom stereocenters. The predicted octanol–water partition coefficient (Wildman–Crippen LogP) is 5.61. The van der Waals surface area contributed by atoms with E-state index in [0.29, 0.717) is 28.4 Å². The van der Waals surface area contributed by atoms with Gasteiger partial charge in [0.2, 0.25) is 11.9 Å². The lowest BCUT2D eigenvalue weighted by Crippen LogP contribution is -2.16. The summed E-state index contributed by atoms with van der Waals surface area (Å²) < 4.78 is 0. The molecule has 1 aromatic heterocycles. The molecule has 1 amide bonds. The standard InChI is InChI=1S/C24H24ClN5O2/c1-2-3-4-5-9-21(31)27-19-8-6-7-16(14-19)22-20(15-26)23(32)30-24(29-22)28-18-12-10-17(25)11-13-18/h6-8,10-14H,2-5,9H2,1H3,(H,27,31)(H2,28,29,30,32). The first-order chi connectivity index (χ1) is 15.5. The monoisotopic (exact) mass is 449 g/mol. The van der Waals surface area contributed by atoms with E-state index in [1.54, 1.807) is 48.5 Å². The first-order valence-corrected chi connectivity index (χ1v) is 10.8. The van der Waals surface area contributed by atoms with Crippen molar-refractivity contribution in [3.8, 4) is 17.3 Å². The Morgan fingerprint density at radius 1 is 1.12 bits per heavy atom. The summed E-state index contributed by atoms with van der Waals surface area (Å²) >= 11 is 5.91. The summed E-state index contributed by atoms with van der Waals surface area (Å²) in [4.78, 5) is 31.7. The van der Waals surface area contributed by atoms with Crippen LogP contribution in [0, 0.1) is 11.3 Å². The lowest BCUT2D eigenvalue weighted by Gasteiger charge is -2.11. The fourth-order valence-corrected chi connectivity index (χ4v) is 3.32. The van der Waals surface area contributed by atoms with Gasteiger partial charge in [-0.3, -0.25) is 14.6 Å². The number of halogens is 1. The van der Waals surface area contributed by atoms with Gasteiger partial charge in [0.15, 0.2) is 0 Å². The molecule has 0 aliphatic rings. The molecule has 0 aliphatic carbocycles. The molecule has 0 bridgehead atoms. The van der Waals surface area contributed by atoms with E-state index in [1.807, 2.05) is 6.07 Å². The molecule has 3 rings (SSSR count). The van der Waals surface area contributed by atoms with Crippen molar-refractivity contribution in [2.45, 2.75) is 39.0 Å². The summed E-state index contributed by atoms with van der Waals surface area (Å²) in [6.45, 7) is 2.13. The van der Waals surface area contributed by atoms with Gasteiger partial charge in [0, 0.05) is 28.4 Å². The van der Waals surface area contributed by atoms with Crippen LogP contribution in [0.15, 0.2) is 53.3 Å². The van der Waals surface area contributed by atoms with Gasteiger partial charge in [-0.05, 0) is 42.8 Å². The summed E-state index contributed by atoms with van der Waals surface area (Å²) in [6.07, 6.45) is 4.54. The first-order valence-electron chi connectivity index (χ1n) is 10.5. The summed E-state index contributed by atoms with van der Waals surface area (Å²) in [5, 5.41) is 16.0. The van der Waals surface area contributed by atoms with Crippen LogP contribution in [0.5, 0.6) is 0 Å². The van der Waals surface area contributed by atoms with E-state index in [4.69, 9.17) is 11.6 Å². The van der Waals surface area contributed by atoms with E-state index in [1.165, 1.54) is 0 Å². The fraction of sp³-hybridized carbons (Fsp3) is 0.250. The quantitative estimate of drug-likeness (QED) is 0.367. The number of hydrogen-bond donors (Lipinski definition) is 3. The third kappa shape index (κ3) is 6.19. The third-order valence-electron chi connectivity index (χ3n) is 4.82. The highest BCUT2D eigenvalue weighted by molar-refractivity contribution is 6.30. The number of H-pyrrole nitrogens is 1. The lowest BCUT2D eigenvalue weighted by atomic mass is 10.1. The zero-order chi connectivity index (χ0) is 22.9. The molecule has 0 spiro atoms. The molecule has 3 aromatic rings. The SMILES string of the molecule is CCCCCCC(=O)Nc1cccc(-c2nc(Nc3ccc(Cl)cc3)[nH]c(=O)c2C#N)c1. The zero-order valence-electron chi connectivity index (χ0n) is 17.7. The van der Waals surface area contributed by atoms with E-state index in [-0.39, 0.29) is 23.1 Å². The van der Waals surface area contributed by atoms with Crippen LogP contribution in [-0.2, 0) is 4.79 Å². The van der Waals surface area contributed by atoms with E-state index in [0.717, 1.165) is 25.7 Å². The van der Waals surface area contributed by atoms with Crippen LogP contribution in [0.3, 0.4) is 0 Å². The number of nitrogens with one attached hydrogen (secondary N) is 3. The molecule has 0 aliphatic heterocycles. The second kappa shape index (κ2) is 11.1. The Morgan fingerprint density at radius 2 is 1.91 bits per heavy atom. The number of carbonyl (C=O) groups is 1. The number of unbranched alkanes of at least 4 members (excludes halogenated alkanes) is 3. The van der Waals surface area contributed by atoms with Crippen molar-refractivity contribution in [1.82, 2.24) is 9.97 Å². The number of carbonyl (C=O) groups excluding carboxylic acids is 1. The Morgan fingerprint density at radius 3 is 2.62 bits per heavy atom. The second-order valence-corrected chi connectivity index (χ2v) is 7.76. The van der Waals surface area contributed by atoms with Crippen molar-refractivity contribution in [3.05, 3.63) is 69.5 Å². The second-order valence-electron chi connectivity index (χ2n) is 7.32. The molecular weight excluding hydrogens is 426 g/mol. The van der Waals surface area contributed by atoms with E-state index in [2.05, 4.69) is 27.5 Å². The number of nitrogens with zero attached hydrogens (tertiary/aromatic N) is 2. The molecule has 0 radical (unpaired) electrons. The fourth-order valence-electron chi connectivity index (χ4n) is 3.20. The molecule has 0 fully saturated rings. The summed E-state index contributed by atoms with van der Waals surface area (Å²) in [5.41, 5.74) is 1.38. The van der Waals surface area contributed by atoms with Gasteiger partial charge in [-0.25, -0.2) is 4.98 Å². The molecular formula is C24H24ClN5O2. The molecule has 32 heavy (non-hydrogen) atoms. The van der Waals surface area contributed by atoms with Crippen LogP contribution >= 0.6 is 11.6 Å². The van der Waals surface area contributed by atoms with Gasteiger partial charge in [0.05, 0.1) is 5.69 Å². The molecule has 1 heterocycles. The molecule has 8 heteroatoms. The highest BCUT2D eigenvalue weighted by atomic mass is 35.5. The number of rotatable bonds is 9. The minimum absolute atomic E-state index is 0.0669. The molecule has 0 atom stereocenters. The van der Waals surface area contributed by atoms with Crippen LogP contribution in [0.2, 0.25) is 5.02 Å². The highest BCUT2D eigenvalue weighted by Crippen LogP contribution is 2.25. The number of benzene rings is 2. The minimum atomic E-state index is -0.556. The molecule has 2 aromatic carbocycles. The Bertz CT molecular complexity index is 1180. The molecule has 0 saturated carbocycles. The minimum Gasteiger partial charge on any atom is -0.326 e.